The number of nitrogens with one attached hydrogen (secondary N) is 2. The summed E-state index contributed by atoms with van der Waals surface area (Å²) in [4.78, 5) is 14.6. The van der Waals surface area contributed by atoms with Crippen LogP contribution in [-0.2, 0) is 6.18 Å². The number of benzene rings is 2. The molecule has 0 atom stereocenters. The van der Waals surface area contributed by atoms with E-state index in [1.165, 1.54) is 12.1 Å². The molecule has 1 aromatic heterocycles. The molecule has 2 N–H and O–H groups in total. The van der Waals surface area contributed by atoms with Crippen LogP contribution in [0.15, 0.2) is 52.9 Å². The fraction of sp³-hybridized carbons (Fsp3) is 0.348. The summed E-state index contributed by atoms with van der Waals surface area (Å²) in [7, 11) is 0. The standard InChI is InChI=1S/C23H26F3N5O2/c1-3-31(4-2)14-8-13-27-22-30-29-21(33-22)18-12-11-17(15-19(18)23(24,25)26)28-20(32)16-9-6-5-7-10-16/h5-7,9-12,15H,3-4,8,13-14H2,1-2H3,(H,27,30)(H,28,32). The minimum Gasteiger partial charge on any atom is -0.403 e. The van der Waals surface area contributed by atoms with E-state index in [9.17, 15) is 18.0 Å². The van der Waals surface area contributed by atoms with E-state index in [0.29, 0.717) is 12.1 Å². The number of halogens is 3. The fourth-order valence-corrected chi connectivity index (χ4v) is 3.28. The van der Waals surface area contributed by atoms with Crippen molar-refractivity contribution < 1.29 is 22.4 Å². The first kappa shape index (κ1) is 24.2. The van der Waals surface area contributed by atoms with E-state index >= 15 is 0 Å². The van der Waals surface area contributed by atoms with Crippen LogP contribution in [0.4, 0.5) is 24.9 Å². The highest BCUT2D eigenvalue weighted by atomic mass is 19.4. The molecular formula is C23H26F3N5O2. The summed E-state index contributed by atoms with van der Waals surface area (Å²) in [5, 5.41) is 13.0. The van der Waals surface area contributed by atoms with E-state index in [0.717, 1.165) is 32.1 Å². The van der Waals surface area contributed by atoms with Gasteiger partial charge in [-0.25, -0.2) is 0 Å². The molecule has 2 aromatic carbocycles. The maximum Gasteiger partial charge on any atom is 0.417 e. The van der Waals surface area contributed by atoms with Gasteiger partial charge in [0.1, 0.15) is 0 Å². The Bertz CT molecular complexity index is 1050. The predicted molar refractivity (Wildman–Crippen MR) is 120 cm³/mol. The summed E-state index contributed by atoms with van der Waals surface area (Å²) in [5.74, 6) is -0.764. The monoisotopic (exact) mass is 461 g/mol. The zero-order valence-electron chi connectivity index (χ0n) is 18.4. The number of hydrogen-bond donors (Lipinski definition) is 2. The molecule has 0 aliphatic heterocycles. The predicted octanol–water partition coefficient (Wildman–Crippen LogP) is 5.15. The third-order valence-corrected chi connectivity index (χ3v) is 5.10. The molecule has 7 nitrogen and oxygen atoms in total. The average Bonchev–Trinajstić information content (AvgIpc) is 3.28. The van der Waals surface area contributed by atoms with Crippen molar-refractivity contribution in [2.24, 2.45) is 0 Å². The summed E-state index contributed by atoms with van der Waals surface area (Å²) in [6.45, 7) is 7.49. The molecule has 0 aliphatic carbocycles. The van der Waals surface area contributed by atoms with Crippen molar-refractivity contribution >= 4 is 17.6 Å². The molecule has 0 unspecified atom stereocenters. The Kier molecular flexibility index (Phi) is 8.05. The molecule has 0 fully saturated rings. The molecule has 0 radical (unpaired) electrons. The van der Waals surface area contributed by atoms with Crippen molar-refractivity contribution in [2.75, 3.05) is 36.8 Å². The lowest BCUT2D eigenvalue weighted by molar-refractivity contribution is -0.137. The molecule has 176 valence electrons. The van der Waals surface area contributed by atoms with E-state index in [-0.39, 0.29) is 23.2 Å². The highest BCUT2D eigenvalue weighted by Crippen LogP contribution is 2.38. The third-order valence-electron chi connectivity index (χ3n) is 5.10. The van der Waals surface area contributed by atoms with Crippen molar-refractivity contribution in [2.45, 2.75) is 26.4 Å². The topological polar surface area (TPSA) is 83.3 Å². The van der Waals surface area contributed by atoms with Crippen molar-refractivity contribution in [3.63, 3.8) is 0 Å². The summed E-state index contributed by atoms with van der Waals surface area (Å²) >= 11 is 0. The minimum absolute atomic E-state index is 0.00851. The van der Waals surface area contributed by atoms with E-state index in [4.69, 9.17) is 4.42 Å². The van der Waals surface area contributed by atoms with Gasteiger partial charge in [-0.2, -0.15) is 13.2 Å². The van der Waals surface area contributed by atoms with Crippen molar-refractivity contribution in [1.82, 2.24) is 15.1 Å². The number of amides is 1. The highest BCUT2D eigenvalue weighted by Gasteiger charge is 2.35. The summed E-state index contributed by atoms with van der Waals surface area (Å²) in [5.41, 5.74) is -0.896. The number of alkyl halides is 3. The highest BCUT2D eigenvalue weighted by molar-refractivity contribution is 6.04. The Hall–Kier alpha value is -3.40. The van der Waals surface area contributed by atoms with Gasteiger partial charge in [-0.1, -0.05) is 37.1 Å². The SMILES string of the molecule is CCN(CC)CCCNc1nnc(-c2ccc(NC(=O)c3ccccc3)cc2C(F)(F)F)o1. The Morgan fingerprint density at radius 3 is 2.45 bits per heavy atom. The number of aromatic nitrogens is 2. The smallest absolute Gasteiger partial charge is 0.403 e. The minimum atomic E-state index is -4.69. The second-order valence-electron chi connectivity index (χ2n) is 7.30. The van der Waals surface area contributed by atoms with Crippen LogP contribution in [0.25, 0.3) is 11.5 Å². The number of carbonyl (C=O) groups excluding carboxylic acids is 1. The van der Waals surface area contributed by atoms with Crippen LogP contribution in [-0.4, -0.2) is 47.2 Å². The average molecular weight is 461 g/mol. The first-order chi connectivity index (χ1) is 15.8. The largest absolute Gasteiger partial charge is 0.417 e. The van der Waals surface area contributed by atoms with Crippen molar-refractivity contribution in [1.29, 1.82) is 0 Å². The lowest BCUT2D eigenvalue weighted by atomic mass is 10.1. The lowest BCUT2D eigenvalue weighted by Crippen LogP contribution is -2.25. The Balaban J connectivity index is 1.73. The van der Waals surface area contributed by atoms with Gasteiger partial charge in [0, 0.05) is 17.8 Å². The van der Waals surface area contributed by atoms with Gasteiger partial charge in [-0.3, -0.25) is 4.79 Å². The Labute approximate surface area is 190 Å². The van der Waals surface area contributed by atoms with Crippen LogP contribution in [0.3, 0.4) is 0 Å². The zero-order valence-corrected chi connectivity index (χ0v) is 18.4. The summed E-state index contributed by atoms with van der Waals surface area (Å²) in [6, 6.07) is 11.7. The second kappa shape index (κ2) is 11.0. The molecule has 3 rings (SSSR count). The van der Waals surface area contributed by atoms with E-state index in [1.54, 1.807) is 30.3 Å². The molecule has 3 aromatic rings. The second-order valence-corrected chi connectivity index (χ2v) is 7.30. The normalized spacial score (nSPS) is 11.6. The quantitative estimate of drug-likeness (QED) is 0.406. The van der Waals surface area contributed by atoms with Crippen LogP contribution in [0.1, 0.15) is 36.2 Å². The van der Waals surface area contributed by atoms with Gasteiger partial charge in [-0.05, 0) is 56.4 Å². The molecule has 0 saturated heterocycles. The molecule has 1 amide bonds. The van der Waals surface area contributed by atoms with E-state index in [2.05, 4.69) is 39.6 Å². The molecule has 10 heteroatoms. The fourth-order valence-electron chi connectivity index (χ4n) is 3.28. The van der Waals surface area contributed by atoms with Crippen LogP contribution in [0.2, 0.25) is 0 Å². The van der Waals surface area contributed by atoms with Gasteiger partial charge in [0.05, 0.1) is 11.1 Å². The van der Waals surface area contributed by atoms with E-state index < -0.39 is 17.6 Å². The molecule has 0 saturated carbocycles. The Morgan fingerprint density at radius 1 is 1.06 bits per heavy atom. The molecule has 0 bridgehead atoms. The molecular weight excluding hydrogens is 435 g/mol. The summed E-state index contributed by atoms with van der Waals surface area (Å²) in [6.07, 6.45) is -3.86. The van der Waals surface area contributed by atoms with Crippen molar-refractivity contribution in [3.05, 3.63) is 59.7 Å². The first-order valence-corrected chi connectivity index (χ1v) is 10.7. The van der Waals surface area contributed by atoms with Crippen LogP contribution < -0.4 is 10.6 Å². The number of nitrogens with zero attached hydrogens (tertiary/aromatic N) is 3. The van der Waals surface area contributed by atoms with Gasteiger partial charge >= 0.3 is 12.2 Å². The van der Waals surface area contributed by atoms with Gasteiger partial charge in [0.15, 0.2) is 0 Å². The van der Waals surface area contributed by atoms with Gasteiger partial charge in [-0.15, -0.1) is 5.10 Å². The van der Waals surface area contributed by atoms with Gasteiger partial charge < -0.3 is 20.0 Å². The maximum absolute atomic E-state index is 13.7. The number of anilines is 2. The Morgan fingerprint density at radius 2 is 1.79 bits per heavy atom. The third kappa shape index (κ3) is 6.55. The van der Waals surface area contributed by atoms with E-state index in [1.807, 2.05) is 0 Å². The summed E-state index contributed by atoms with van der Waals surface area (Å²) < 4.78 is 46.7. The van der Waals surface area contributed by atoms with Crippen LogP contribution >= 0.6 is 0 Å². The zero-order chi connectivity index (χ0) is 23.8. The molecule has 0 spiro atoms. The van der Waals surface area contributed by atoms with Gasteiger partial charge in [0.25, 0.3) is 5.91 Å². The van der Waals surface area contributed by atoms with Crippen LogP contribution in [0, 0.1) is 0 Å². The molecule has 0 aliphatic rings. The van der Waals surface area contributed by atoms with Crippen LogP contribution in [0.5, 0.6) is 0 Å². The number of hydrogen-bond acceptors (Lipinski definition) is 6. The lowest BCUT2D eigenvalue weighted by Gasteiger charge is -2.17. The van der Waals surface area contributed by atoms with Crippen molar-refractivity contribution in [3.8, 4) is 11.5 Å². The van der Waals surface area contributed by atoms with Gasteiger partial charge in [0.2, 0.25) is 5.89 Å². The maximum atomic E-state index is 13.7. The number of rotatable bonds is 10. The number of carbonyl (C=O) groups is 1. The molecule has 33 heavy (non-hydrogen) atoms. The first-order valence-electron chi connectivity index (χ1n) is 10.7. The molecule has 1 heterocycles.